The van der Waals surface area contributed by atoms with Gasteiger partial charge in [-0.2, -0.15) is 0 Å². The highest BCUT2D eigenvalue weighted by Gasteiger charge is 2.15. The maximum absolute atomic E-state index is 11.4. The SMILES string of the molecule is CNS(=O)(=O)c1ccc(CNCCCC(C)CO)o1. The van der Waals surface area contributed by atoms with E-state index >= 15 is 0 Å². The van der Waals surface area contributed by atoms with E-state index in [0.717, 1.165) is 19.4 Å². The summed E-state index contributed by atoms with van der Waals surface area (Å²) in [6.07, 6.45) is 1.92. The van der Waals surface area contributed by atoms with Gasteiger partial charge in [0.25, 0.3) is 10.0 Å². The predicted molar refractivity (Wildman–Crippen MR) is 72.1 cm³/mol. The fourth-order valence-electron chi connectivity index (χ4n) is 1.58. The summed E-state index contributed by atoms with van der Waals surface area (Å²) in [5.41, 5.74) is 0. The molecule has 7 heteroatoms. The predicted octanol–water partition coefficient (Wildman–Crippen LogP) is 0.686. The fourth-order valence-corrected chi connectivity index (χ4v) is 2.24. The van der Waals surface area contributed by atoms with Crippen molar-refractivity contribution in [3.8, 4) is 0 Å². The lowest BCUT2D eigenvalue weighted by Gasteiger charge is -2.07. The summed E-state index contributed by atoms with van der Waals surface area (Å²) < 4.78 is 30.3. The standard InChI is InChI=1S/C12H22N2O4S/c1-10(9-15)4-3-7-14-8-11-5-6-12(18-11)19(16,17)13-2/h5-6,10,13-15H,3-4,7-9H2,1-2H3. The molecule has 0 aliphatic heterocycles. The van der Waals surface area contributed by atoms with E-state index in [9.17, 15) is 8.42 Å². The first-order chi connectivity index (χ1) is 8.99. The number of rotatable bonds is 9. The second-order valence-corrected chi connectivity index (χ2v) is 6.35. The van der Waals surface area contributed by atoms with Crippen LogP contribution >= 0.6 is 0 Å². The molecular weight excluding hydrogens is 268 g/mol. The van der Waals surface area contributed by atoms with Crippen LogP contribution in [0.5, 0.6) is 0 Å². The molecule has 1 aromatic heterocycles. The molecule has 3 N–H and O–H groups in total. The zero-order chi connectivity index (χ0) is 14.3. The topological polar surface area (TPSA) is 91.6 Å². The third-order valence-electron chi connectivity index (χ3n) is 2.83. The lowest BCUT2D eigenvalue weighted by Crippen LogP contribution is -2.18. The Labute approximate surface area is 114 Å². The molecule has 0 aliphatic carbocycles. The Morgan fingerprint density at radius 3 is 2.79 bits per heavy atom. The van der Waals surface area contributed by atoms with Gasteiger partial charge in [0.2, 0.25) is 5.09 Å². The van der Waals surface area contributed by atoms with E-state index in [4.69, 9.17) is 9.52 Å². The van der Waals surface area contributed by atoms with E-state index in [1.807, 2.05) is 6.92 Å². The first-order valence-corrected chi connectivity index (χ1v) is 7.81. The van der Waals surface area contributed by atoms with E-state index < -0.39 is 10.0 Å². The van der Waals surface area contributed by atoms with Crippen molar-refractivity contribution in [3.05, 3.63) is 17.9 Å². The third kappa shape index (κ3) is 5.32. The van der Waals surface area contributed by atoms with Crippen LogP contribution in [0.4, 0.5) is 0 Å². The zero-order valence-electron chi connectivity index (χ0n) is 11.3. The van der Waals surface area contributed by atoms with Gasteiger partial charge in [-0.1, -0.05) is 6.92 Å². The Kier molecular flexibility index (Phi) is 6.50. The number of nitrogens with one attached hydrogen (secondary N) is 2. The van der Waals surface area contributed by atoms with Crippen molar-refractivity contribution in [2.24, 2.45) is 5.92 Å². The molecule has 1 aromatic rings. The first kappa shape index (κ1) is 16.2. The van der Waals surface area contributed by atoms with E-state index in [1.54, 1.807) is 6.07 Å². The van der Waals surface area contributed by atoms with Crippen LogP contribution < -0.4 is 10.0 Å². The summed E-state index contributed by atoms with van der Waals surface area (Å²) >= 11 is 0. The van der Waals surface area contributed by atoms with Gasteiger partial charge in [0, 0.05) is 6.61 Å². The Morgan fingerprint density at radius 1 is 1.42 bits per heavy atom. The van der Waals surface area contributed by atoms with Crippen molar-refractivity contribution in [1.29, 1.82) is 0 Å². The average Bonchev–Trinajstić information content (AvgIpc) is 2.87. The Balaban J connectivity index is 2.31. The second kappa shape index (κ2) is 7.64. The monoisotopic (exact) mass is 290 g/mol. The van der Waals surface area contributed by atoms with Gasteiger partial charge in [-0.05, 0) is 44.5 Å². The summed E-state index contributed by atoms with van der Waals surface area (Å²) in [5.74, 6) is 0.904. The molecule has 0 fully saturated rings. The lowest BCUT2D eigenvalue weighted by molar-refractivity contribution is 0.228. The highest BCUT2D eigenvalue weighted by molar-refractivity contribution is 7.89. The summed E-state index contributed by atoms with van der Waals surface area (Å²) in [4.78, 5) is 0. The van der Waals surface area contributed by atoms with E-state index in [0.29, 0.717) is 18.2 Å². The Morgan fingerprint density at radius 2 is 2.16 bits per heavy atom. The van der Waals surface area contributed by atoms with Crippen molar-refractivity contribution >= 4 is 10.0 Å². The number of aliphatic hydroxyl groups is 1. The quantitative estimate of drug-likeness (QED) is 0.582. The Bertz CT molecular complexity index is 470. The molecule has 1 rings (SSSR count). The van der Waals surface area contributed by atoms with Crippen molar-refractivity contribution < 1.29 is 17.9 Å². The molecule has 0 amide bonds. The van der Waals surface area contributed by atoms with Crippen LogP contribution in [0.2, 0.25) is 0 Å². The van der Waals surface area contributed by atoms with Crippen LogP contribution in [0.1, 0.15) is 25.5 Å². The van der Waals surface area contributed by atoms with Gasteiger partial charge in [-0.3, -0.25) is 0 Å². The van der Waals surface area contributed by atoms with Gasteiger partial charge in [-0.15, -0.1) is 0 Å². The van der Waals surface area contributed by atoms with Gasteiger partial charge >= 0.3 is 0 Å². The second-order valence-electron chi connectivity index (χ2n) is 4.54. The lowest BCUT2D eigenvalue weighted by atomic mass is 10.1. The third-order valence-corrected chi connectivity index (χ3v) is 4.12. The van der Waals surface area contributed by atoms with Gasteiger partial charge in [0.1, 0.15) is 5.76 Å². The van der Waals surface area contributed by atoms with Crippen LogP contribution in [-0.2, 0) is 16.6 Å². The summed E-state index contributed by atoms with van der Waals surface area (Å²) in [5, 5.41) is 12.0. The van der Waals surface area contributed by atoms with Crippen molar-refractivity contribution in [2.45, 2.75) is 31.4 Å². The van der Waals surface area contributed by atoms with Crippen LogP contribution in [-0.4, -0.2) is 33.7 Å². The molecule has 0 bridgehead atoms. The van der Waals surface area contributed by atoms with Crippen LogP contribution in [0.25, 0.3) is 0 Å². The summed E-state index contributed by atoms with van der Waals surface area (Å²) in [6.45, 7) is 3.51. The Hall–Kier alpha value is -0.890. The summed E-state index contributed by atoms with van der Waals surface area (Å²) in [7, 11) is -2.15. The summed E-state index contributed by atoms with van der Waals surface area (Å²) in [6, 6.07) is 3.09. The molecule has 0 radical (unpaired) electrons. The highest BCUT2D eigenvalue weighted by Crippen LogP contribution is 2.13. The minimum Gasteiger partial charge on any atom is -0.447 e. The number of aliphatic hydroxyl groups excluding tert-OH is 1. The average molecular weight is 290 g/mol. The van der Waals surface area contributed by atoms with E-state index in [-0.39, 0.29) is 11.7 Å². The van der Waals surface area contributed by atoms with Crippen molar-refractivity contribution in [2.75, 3.05) is 20.2 Å². The number of hydrogen-bond donors (Lipinski definition) is 3. The largest absolute Gasteiger partial charge is 0.447 e. The minimum absolute atomic E-state index is 0.0688. The minimum atomic E-state index is -3.50. The molecule has 1 heterocycles. The normalized spacial score (nSPS) is 13.6. The molecule has 0 aromatic carbocycles. The van der Waals surface area contributed by atoms with Crippen molar-refractivity contribution in [3.63, 3.8) is 0 Å². The van der Waals surface area contributed by atoms with Crippen LogP contribution in [0.3, 0.4) is 0 Å². The maximum Gasteiger partial charge on any atom is 0.273 e. The van der Waals surface area contributed by atoms with Crippen molar-refractivity contribution in [1.82, 2.24) is 10.0 Å². The molecule has 19 heavy (non-hydrogen) atoms. The molecule has 1 unspecified atom stereocenters. The zero-order valence-corrected chi connectivity index (χ0v) is 12.2. The fraction of sp³-hybridized carbons (Fsp3) is 0.667. The number of furan rings is 1. The molecule has 0 saturated heterocycles. The van der Waals surface area contributed by atoms with Gasteiger partial charge in [0.05, 0.1) is 6.54 Å². The molecule has 0 aliphatic rings. The van der Waals surface area contributed by atoms with Gasteiger partial charge in [-0.25, -0.2) is 13.1 Å². The maximum atomic E-state index is 11.4. The van der Waals surface area contributed by atoms with Gasteiger partial charge in [0.15, 0.2) is 0 Å². The molecule has 6 nitrogen and oxygen atoms in total. The molecule has 1 atom stereocenters. The number of sulfonamides is 1. The van der Waals surface area contributed by atoms with Crippen LogP contribution in [0, 0.1) is 5.92 Å². The van der Waals surface area contributed by atoms with Gasteiger partial charge < -0.3 is 14.8 Å². The molecule has 0 saturated carbocycles. The molecule has 110 valence electrons. The van der Waals surface area contributed by atoms with E-state index in [2.05, 4.69) is 10.0 Å². The number of hydrogen-bond acceptors (Lipinski definition) is 5. The first-order valence-electron chi connectivity index (χ1n) is 6.33. The smallest absolute Gasteiger partial charge is 0.273 e. The molecule has 0 spiro atoms. The van der Waals surface area contributed by atoms with Crippen LogP contribution in [0.15, 0.2) is 21.6 Å². The highest BCUT2D eigenvalue weighted by atomic mass is 32.2. The molecular formula is C12H22N2O4S. The van der Waals surface area contributed by atoms with E-state index in [1.165, 1.54) is 13.1 Å².